The number of nitrogens with one attached hydrogen (secondary N) is 2. The van der Waals surface area contributed by atoms with Gasteiger partial charge in [0.2, 0.25) is 5.91 Å². The Morgan fingerprint density at radius 3 is 2.67 bits per heavy atom. The van der Waals surface area contributed by atoms with Crippen molar-refractivity contribution in [2.75, 3.05) is 12.4 Å². The lowest BCUT2D eigenvalue weighted by Crippen LogP contribution is -2.24. The third kappa shape index (κ3) is 4.59. The molecule has 3 rings (SSSR count). The molecule has 3 aromatic rings. The second-order valence-electron chi connectivity index (χ2n) is 5.83. The number of benzene rings is 2. The number of carbonyl (C=O) groups is 1. The molecule has 0 aliphatic carbocycles. The van der Waals surface area contributed by atoms with E-state index in [9.17, 15) is 9.59 Å². The van der Waals surface area contributed by atoms with E-state index >= 15 is 0 Å². The van der Waals surface area contributed by atoms with Gasteiger partial charge in [0.25, 0.3) is 0 Å². The van der Waals surface area contributed by atoms with E-state index in [0.29, 0.717) is 23.1 Å². The molecule has 1 heterocycles. The highest BCUT2D eigenvalue weighted by Crippen LogP contribution is 2.26. The lowest BCUT2D eigenvalue weighted by Gasteiger charge is -2.14. The van der Waals surface area contributed by atoms with Crippen LogP contribution in [0.25, 0.3) is 0 Å². The van der Waals surface area contributed by atoms with Gasteiger partial charge in [-0.1, -0.05) is 54.2 Å². The van der Waals surface area contributed by atoms with Crippen LogP contribution in [0.15, 0.2) is 64.5 Å². The van der Waals surface area contributed by atoms with Gasteiger partial charge in [-0.2, -0.15) is 0 Å². The number of hydrogen-bond donors (Lipinski definition) is 2. The molecule has 0 saturated carbocycles. The molecule has 1 aromatic heterocycles. The maximum Gasteiger partial charge on any atom is 0.344 e. The molecule has 0 aliphatic rings. The van der Waals surface area contributed by atoms with Crippen LogP contribution in [-0.2, 0) is 11.3 Å². The highest BCUT2D eigenvalue weighted by atomic mass is 32.2. The number of nitrogens with zero attached hydrogens (tertiary/aromatic N) is 2. The minimum Gasteiger partial charge on any atom is -0.495 e. The van der Waals surface area contributed by atoms with Crippen LogP contribution in [0.2, 0.25) is 0 Å². The van der Waals surface area contributed by atoms with Crippen molar-refractivity contribution in [3.05, 3.63) is 70.6 Å². The number of thioether (sulfide) groups is 1. The Labute approximate surface area is 160 Å². The molecule has 0 spiro atoms. The number of aromatic amines is 1. The van der Waals surface area contributed by atoms with E-state index in [-0.39, 0.29) is 11.6 Å². The SMILES string of the molecule is COc1ccccc1NC(=O)C(C)Sc1n[nH]c(=O)n1Cc1ccccc1. The normalized spacial score (nSPS) is 11.8. The average molecular weight is 384 g/mol. The third-order valence-corrected chi connectivity index (χ3v) is 5.01. The number of rotatable bonds is 7. The van der Waals surface area contributed by atoms with Crippen molar-refractivity contribution in [2.24, 2.45) is 0 Å². The summed E-state index contributed by atoms with van der Waals surface area (Å²) in [6, 6.07) is 16.8. The summed E-state index contributed by atoms with van der Waals surface area (Å²) < 4.78 is 6.77. The van der Waals surface area contributed by atoms with Gasteiger partial charge in [0.15, 0.2) is 5.16 Å². The molecule has 0 radical (unpaired) electrons. The molecule has 0 fully saturated rings. The van der Waals surface area contributed by atoms with E-state index in [0.717, 1.165) is 5.56 Å². The van der Waals surface area contributed by atoms with Gasteiger partial charge in [0.05, 0.1) is 24.6 Å². The van der Waals surface area contributed by atoms with Crippen molar-refractivity contribution in [1.82, 2.24) is 14.8 Å². The van der Waals surface area contributed by atoms with Crippen LogP contribution in [0.1, 0.15) is 12.5 Å². The molecule has 140 valence electrons. The average Bonchev–Trinajstić information content (AvgIpc) is 3.02. The first-order valence-electron chi connectivity index (χ1n) is 8.38. The van der Waals surface area contributed by atoms with Crippen LogP contribution in [0.5, 0.6) is 5.75 Å². The summed E-state index contributed by atoms with van der Waals surface area (Å²) in [4.78, 5) is 24.6. The van der Waals surface area contributed by atoms with Crippen LogP contribution >= 0.6 is 11.8 Å². The number of ether oxygens (including phenoxy) is 1. The highest BCUT2D eigenvalue weighted by molar-refractivity contribution is 8.00. The molecule has 0 aliphatic heterocycles. The maximum absolute atomic E-state index is 12.5. The molecular formula is C19H20N4O3S. The van der Waals surface area contributed by atoms with Crippen molar-refractivity contribution < 1.29 is 9.53 Å². The number of hydrogen-bond acceptors (Lipinski definition) is 5. The summed E-state index contributed by atoms with van der Waals surface area (Å²) in [5.41, 5.74) is 1.27. The molecule has 1 atom stereocenters. The van der Waals surface area contributed by atoms with E-state index < -0.39 is 5.25 Å². The fraction of sp³-hybridized carbons (Fsp3) is 0.211. The Morgan fingerprint density at radius 1 is 1.22 bits per heavy atom. The monoisotopic (exact) mass is 384 g/mol. The number of para-hydroxylation sites is 2. The summed E-state index contributed by atoms with van der Waals surface area (Å²) in [6.07, 6.45) is 0. The number of aromatic nitrogens is 3. The minimum absolute atomic E-state index is 0.203. The predicted octanol–water partition coefficient (Wildman–Crippen LogP) is 2.75. The van der Waals surface area contributed by atoms with Gasteiger partial charge in [0, 0.05) is 0 Å². The van der Waals surface area contributed by atoms with E-state index in [2.05, 4.69) is 15.5 Å². The molecular weight excluding hydrogens is 364 g/mol. The van der Waals surface area contributed by atoms with E-state index in [1.165, 1.54) is 16.3 Å². The maximum atomic E-state index is 12.5. The predicted molar refractivity (Wildman–Crippen MR) is 105 cm³/mol. The van der Waals surface area contributed by atoms with E-state index in [1.54, 1.807) is 26.2 Å². The molecule has 1 amide bonds. The van der Waals surface area contributed by atoms with Gasteiger partial charge >= 0.3 is 5.69 Å². The van der Waals surface area contributed by atoms with Gasteiger partial charge in [-0.05, 0) is 24.6 Å². The first kappa shape index (κ1) is 18.8. The number of amides is 1. The van der Waals surface area contributed by atoms with Crippen molar-refractivity contribution in [3.8, 4) is 5.75 Å². The molecule has 27 heavy (non-hydrogen) atoms. The quantitative estimate of drug-likeness (QED) is 0.612. The number of carbonyl (C=O) groups excluding carboxylic acids is 1. The van der Waals surface area contributed by atoms with Crippen LogP contribution in [-0.4, -0.2) is 33.0 Å². The van der Waals surface area contributed by atoms with E-state index in [1.807, 2.05) is 42.5 Å². The van der Waals surface area contributed by atoms with Crippen LogP contribution in [0.3, 0.4) is 0 Å². The molecule has 7 nitrogen and oxygen atoms in total. The van der Waals surface area contributed by atoms with Gasteiger partial charge in [-0.25, -0.2) is 9.89 Å². The highest BCUT2D eigenvalue weighted by Gasteiger charge is 2.20. The molecule has 2 N–H and O–H groups in total. The van der Waals surface area contributed by atoms with Gasteiger partial charge in [-0.3, -0.25) is 9.36 Å². The van der Waals surface area contributed by atoms with E-state index in [4.69, 9.17) is 4.74 Å². The zero-order valence-corrected chi connectivity index (χ0v) is 15.8. The fourth-order valence-electron chi connectivity index (χ4n) is 2.49. The Balaban J connectivity index is 1.71. The fourth-order valence-corrected chi connectivity index (χ4v) is 3.35. The Bertz CT molecular complexity index is 968. The van der Waals surface area contributed by atoms with Crippen molar-refractivity contribution in [2.45, 2.75) is 23.9 Å². The second kappa shape index (κ2) is 8.59. The van der Waals surface area contributed by atoms with Crippen molar-refractivity contribution in [3.63, 3.8) is 0 Å². The second-order valence-corrected chi connectivity index (χ2v) is 7.14. The zero-order chi connectivity index (χ0) is 19.2. The Morgan fingerprint density at radius 2 is 1.93 bits per heavy atom. The van der Waals surface area contributed by atoms with Crippen LogP contribution in [0.4, 0.5) is 5.69 Å². The molecule has 8 heteroatoms. The van der Waals surface area contributed by atoms with Gasteiger partial charge in [0.1, 0.15) is 5.75 Å². The Kier molecular flexibility index (Phi) is 5.97. The number of anilines is 1. The third-order valence-electron chi connectivity index (χ3n) is 3.92. The Hall–Kier alpha value is -3.00. The summed E-state index contributed by atoms with van der Waals surface area (Å²) in [6.45, 7) is 2.15. The van der Waals surface area contributed by atoms with Crippen LogP contribution < -0.4 is 15.7 Å². The van der Waals surface area contributed by atoms with Crippen molar-refractivity contribution in [1.29, 1.82) is 0 Å². The number of methoxy groups -OCH3 is 1. The van der Waals surface area contributed by atoms with Gasteiger partial charge in [-0.15, -0.1) is 5.10 Å². The molecule has 0 bridgehead atoms. The smallest absolute Gasteiger partial charge is 0.344 e. The standard InChI is InChI=1S/C19H20N4O3S/c1-13(17(24)20-15-10-6-7-11-16(15)26-2)27-19-22-21-18(25)23(19)12-14-8-4-3-5-9-14/h3-11,13H,12H2,1-2H3,(H,20,24)(H,21,25). The summed E-state index contributed by atoms with van der Waals surface area (Å²) in [7, 11) is 1.55. The molecule has 0 saturated heterocycles. The molecule has 1 unspecified atom stereocenters. The first-order valence-corrected chi connectivity index (χ1v) is 9.26. The lowest BCUT2D eigenvalue weighted by atomic mass is 10.2. The minimum atomic E-state index is -0.459. The summed E-state index contributed by atoms with van der Waals surface area (Å²) >= 11 is 1.22. The lowest BCUT2D eigenvalue weighted by molar-refractivity contribution is -0.115. The van der Waals surface area contributed by atoms with Crippen molar-refractivity contribution >= 4 is 23.4 Å². The van der Waals surface area contributed by atoms with Crippen LogP contribution in [0, 0.1) is 0 Å². The molecule has 2 aromatic carbocycles. The number of H-pyrrole nitrogens is 1. The summed E-state index contributed by atoms with van der Waals surface area (Å²) in [5.74, 6) is 0.384. The topological polar surface area (TPSA) is 89.0 Å². The first-order chi connectivity index (χ1) is 13.1. The largest absolute Gasteiger partial charge is 0.495 e. The zero-order valence-electron chi connectivity index (χ0n) is 15.0. The summed E-state index contributed by atoms with van der Waals surface area (Å²) in [5, 5.41) is 9.37. The van der Waals surface area contributed by atoms with Gasteiger partial charge < -0.3 is 10.1 Å².